The first-order chi connectivity index (χ1) is 7.61. The first-order valence-electron chi connectivity index (χ1n) is 4.76. The van der Waals surface area contributed by atoms with Gasteiger partial charge in [0.1, 0.15) is 6.07 Å². The van der Waals surface area contributed by atoms with Crippen molar-refractivity contribution in [2.24, 2.45) is 0 Å². The van der Waals surface area contributed by atoms with Crippen LogP contribution in [0.4, 0.5) is 5.69 Å². The summed E-state index contributed by atoms with van der Waals surface area (Å²) in [7, 11) is 0. The average molecular weight is 300 g/mol. The molecular formula is C11H8BrClN2O. The van der Waals surface area contributed by atoms with Crippen molar-refractivity contribution in [2.45, 2.75) is 11.2 Å². The van der Waals surface area contributed by atoms with E-state index < -0.39 is 0 Å². The Labute approximate surface area is 107 Å². The van der Waals surface area contributed by atoms with Crippen LogP contribution in [0, 0.1) is 11.3 Å². The summed E-state index contributed by atoms with van der Waals surface area (Å²) in [6.45, 7) is 0.577. The zero-order valence-corrected chi connectivity index (χ0v) is 10.6. The van der Waals surface area contributed by atoms with Crippen LogP contribution in [-0.4, -0.2) is 17.3 Å². The number of nitriles is 1. The zero-order chi connectivity index (χ0) is 11.7. The van der Waals surface area contributed by atoms with Gasteiger partial charge in [-0.1, -0.05) is 27.5 Å². The number of hydrogen-bond acceptors (Lipinski definition) is 2. The number of hydrogen-bond donors (Lipinski definition) is 0. The molecule has 0 bridgehead atoms. The van der Waals surface area contributed by atoms with Crippen LogP contribution in [-0.2, 0) is 4.79 Å². The molecule has 2 rings (SSSR count). The molecule has 0 N–H and O–H groups in total. The van der Waals surface area contributed by atoms with Gasteiger partial charge in [-0.15, -0.1) is 0 Å². The Kier molecular flexibility index (Phi) is 3.17. The number of rotatable bonds is 1. The van der Waals surface area contributed by atoms with E-state index >= 15 is 0 Å². The zero-order valence-electron chi connectivity index (χ0n) is 8.28. The van der Waals surface area contributed by atoms with Gasteiger partial charge in [-0.2, -0.15) is 5.26 Å². The van der Waals surface area contributed by atoms with Crippen molar-refractivity contribution in [3.05, 3.63) is 28.8 Å². The molecule has 0 aliphatic carbocycles. The van der Waals surface area contributed by atoms with E-state index in [0.717, 1.165) is 0 Å². The lowest BCUT2D eigenvalue weighted by atomic mass is 10.2. The number of nitrogens with zero attached hydrogens (tertiary/aromatic N) is 2. The Morgan fingerprint density at radius 1 is 1.56 bits per heavy atom. The monoisotopic (exact) mass is 298 g/mol. The Morgan fingerprint density at radius 3 is 2.88 bits per heavy atom. The van der Waals surface area contributed by atoms with Crippen molar-refractivity contribution in [3.63, 3.8) is 0 Å². The molecule has 1 aliphatic rings. The molecular weight excluding hydrogens is 291 g/mol. The summed E-state index contributed by atoms with van der Waals surface area (Å²) >= 11 is 9.28. The van der Waals surface area contributed by atoms with E-state index in [1.54, 1.807) is 23.1 Å². The van der Waals surface area contributed by atoms with Crippen molar-refractivity contribution in [3.8, 4) is 6.07 Å². The van der Waals surface area contributed by atoms with E-state index in [1.165, 1.54) is 0 Å². The van der Waals surface area contributed by atoms with Gasteiger partial charge in [0.05, 0.1) is 11.3 Å². The summed E-state index contributed by atoms with van der Waals surface area (Å²) in [4.78, 5) is 13.5. The molecule has 1 fully saturated rings. The Hall–Kier alpha value is -1.05. The second-order valence-electron chi connectivity index (χ2n) is 3.58. The summed E-state index contributed by atoms with van der Waals surface area (Å²) in [6, 6.07) is 7.00. The molecule has 1 atom stereocenters. The number of amides is 1. The fraction of sp³-hybridized carbons (Fsp3) is 0.273. The lowest BCUT2D eigenvalue weighted by Gasteiger charge is -2.17. The average Bonchev–Trinajstić information content (AvgIpc) is 2.57. The quantitative estimate of drug-likeness (QED) is 0.748. The van der Waals surface area contributed by atoms with Gasteiger partial charge in [0.2, 0.25) is 5.91 Å². The molecule has 0 radical (unpaired) electrons. The van der Waals surface area contributed by atoms with Gasteiger partial charge in [-0.25, -0.2) is 0 Å². The van der Waals surface area contributed by atoms with E-state index in [2.05, 4.69) is 22.0 Å². The van der Waals surface area contributed by atoms with Gasteiger partial charge in [0.25, 0.3) is 0 Å². The molecule has 1 aliphatic heterocycles. The summed E-state index contributed by atoms with van der Waals surface area (Å²) in [6.07, 6.45) is 0.456. The van der Waals surface area contributed by atoms with Crippen LogP contribution in [0.5, 0.6) is 0 Å². The van der Waals surface area contributed by atoms with Crippen LogP contribution in [0.15, 0.2) is 18.2 Å². The minimum atomic E-state index is 0.0145. The minimum absolute atomic E-state index is 0.0145. The highest BCUT2D eigenvalue weighted by atomic mass is 79.9. The van der Waals surface area contributed by atoms with Crippen LogP contribution in [0.1, 0.15) is 12.0 Å². The largest absolute Gasteiger partial charge is 0.310 e. The van der Waals surface area contributed by atoms with Gasteiger partial charge < -0.3 is 4.90 Å². The first-order valence-corrected chi connectivity index (χ1v) is 6.05. The second-order valence-corrected chi connectivity index (χ2v) is 5.31. The molecule has 5 heteroatoms. The van der Waals surface area contributed by atoms with E-state index in [4.69, 9.17) is 16.9 Å². The molecule has 1 amide bonds. The van der Waals surface area contributed by atoms with Crippen molar-refractivity contribution >= 4 is 39.1 Å². The topological polar surface area (TPSA) is 44.1 Å². The fourth-order valence-electron chi connectivity index (χ4n) is 1.72. The predicted molar refractivity (Wildman–Crippen MR) is 65.9 cm³/mol. The molecule has 16 heavy (non-hydrogen) atoms. The molecule has 0 saturated carbocycles. The first kappa shape index (κ1) is 11.4. The molecule has 0 aromatic heterocycles. The third-order valence-corrected chi connectivity index (χ3v) is 3.30. The molecule has 3 nitrogen and oxygen atoms in total. The van der Waals surface area contributed by atoms with Crippen molar-refractivity contribution in [1.82, 2.24) is 0 Å². The van der Waals surface area contributed by atoms with Gasteiger partial charge in [0, 0.05) is 22.8 Å². The Bertz CT molecular complexity index is 483. The lowest BCUT2D eigenvalue weighted by molar-refractivity contribution is -0.117. The Balaban J connectivity index is 2.44. The molecule has 1 heterocycles. The van der Waals surface area contributed by atoms with Gasteiger partial charge in [-0.3, -0.25) is 4.79 Å². The maximum absolute atomic E-state index is 11.7. The molecule has 1 aromatic carbocycles. The number of carbonyl (C=O) groups is 1. The number of alkyl halides is 1. The van der Waals surface area contributed by atoms with Crippen molar-refractivity contribution in [1.29, 1.82) is 5.26 Å². The summed E-state index contributed by atoms with van der Waals surface area (Å²) < 4.78 is 0. The van der Waals surface area contributed by atoms with Crippen LogP contribution in [0.25, 0.3) is 0 Å². The lowest BCUT2D eigenvalue weighted by Crippen LogP contribution is -2.25. The number of halogens is 2. The second kappa shape index (κ2) is 4.44. The van der Waals surface area contributed by atoms with Crippen LogP contribution < -0.4 is 4.90 Å². The van der Waals surface area contributed by atoms with Crippen LogP contribution >= 0.6 is 27.5 Å². The standard InChI is InChI=1S/C11H8BrClN2O/c12-8-3-11(16)15(6-8)10-4-9(13)2-1-7(10)5-14/h1-2,4,8H,3,6H2. The highest BCUT2D eigenvalue weighted by molar-refractivity contribution is 9.09. The maximum atomic E-state index is 11.7. The molecule has 82 valence electrons. The smallest absolute Gasteiger partial charge is 0.228 e. The number of carbonyl (C=O) groups excluding carboxylic acids is 1. The SMILES string of the molecule is N#Cc1ccc(Cl)cc1N1CC(Br)CC1=O. The van der Waals surface area contributed by atoms with E-state index in [0.29, 0.717) is 29.2 Å². The van der Waals surface area contributed by atoms with Gasteiger partial charge in [0.15, 0.2) is 0 Å². The molecule has 1 aromatic rings. The highest BCUT2D eigenvalue weighted by Crippen LogP contribution is 2.30. The summed E-state index contributed by atoms with van der Waals surface area (Å²) in [5.41, 5.74) is 1.07. The third-order valence-electron chi connectivity index (χ3n) is 2.45. The van der Waals surface area contributed by atoms with Crippen LogP contribution in [0.2, 0.25) is 5.02 Å². The number of anilines is 1. The third kappa shape index (κ3) is 2.06. The van der Waals surface area contributed by atoms with Crippen molar-refractivity contribution in [2.75, 3.05) is 11.4 Å². The molecule has 1 saturated heterocycles. The van der Waals surface area contributed by atoms with Gasteiger partial charge in [-0.05, 0) is 18.2 Å². The van der Waals surface area contributed by atoms with E-state index in [9.17, 15) is 4.79 Å². The Morgan fingerprint density at radius 2 is 2.31 bits per heavy atom. The maximum Gasteiger partial charge on any atom is 0.228 e. The van der Waals surface area contributed by atoms with E-state index in [-0.39, 0.29) is 10.7 Å². The van der Waals surface area contributed by atoms with Crippen molar-refractivity contribution < 1.29 is 4.79 Å². The predicted octanol–water partition coefficient (Wildman–Crippen LogP) is 2.71. The molecule has 1 unspecified atom stereocenters. The highest BCUT2D eigenvalue weighted by Gasteiger charge is 2.30. The van der Waals surface area contributed by atoms with Gasteiger partial charge >= 0.3 is 0 Å². The van der Waals surface area contributed by atoms with E-state index in [1.807, 2.05) is 0 Å². The number of benzene rings is 1. The normalized spacial score (nSPS) is 19.9. The van der Waals surface area contributed by atoms with Crippen LogP contribution in [0.3, 0.4) is 0 Å². The minimum Gasteiger partial charge on any atom is -0.310 e. The summed E-state index contributed by atoms with van der Waals surface area (Å²) in [5, 5.41) is 9.51. The molecule has 0 spiro atoms. The fourth-order valence-corrected chi connectivity index (χ4v) is 2.45. The summed E-state index contributed by atoms with van der Waals surface area (Å²) in [5.74, 6) is 0.0145.